The third-order valence-electron chi connectivity index (χ3n) is 2.99. The molecule has 0 saturated heterocycles. The minimum atomic E-state index is 0.00417. The van der Waals surface area contributed by atoms with Crippen LogP contribution in [0.5, 0.6) is 0 Å². The maximum Gasteiger partial charge on any atom is 0.0336 e. The quantitative estimate of drug-likeness (QED) is 0.439. The van der Waals surface area contributed by atoms with Crippen molar-refractivity contribution in [3.05, 3.63) is 48.6 Å². The molecule has 1 aromatic rings. The summed E-state index contributed by atoms with van der Waals surface area (Å²) in [4.78, 5) is 0. The standard InChI is InChI=1S/C13H20N2/c1-4-8-12(15-14)13(2,3)11-9-6-5-7-10-11/h4-7,9-10,12,15H,1,8,14H2,2-3H3. The van der Waals surface area contributed by atoms with Gasteiger partial charge in [0.1, 0.15) is 0 Å². The van der Waals surface area contributed by atoms with Crippen LogP contribution in [0.3, 0.4) is 0 Å². The van der Waals surface area contributed by atoms with Gasteiger partial charge in [-0.15, -0.1) is 6.58 Å². The van der Waals surface area contributed by atoms with Crippen molar-refractivity contribution in [1.29, 1.82) is 0 Å². The highest BCUT2D eigenvalue weighted by Crippen LogP contribution is 2.28. The molecule has 2 nitrogen and oxygen atoms in total. The number of hydrogen-bond acceptors (Lipinski definition) is 2. The Morgan fingerprint density at radius 2 is 2.00 bits per heavy atom. The summed E-state index contributed by atoms with van der Waals surface area (Å²) in [7, 11) is 0. The van der Waals surface area contributed by atoms with Gasteiger partial charge in [-0.05, 0) is 12.0 Å². The Hall–Kier alpha value is -1.12. The van der Waals surface area contributed by atoms with E-state index in [0.29, 0.717) is 0 Å². The zero-order valence-electron chi connectivity index (χ0n) is 9.53. The minimum absolute atomic E-state index is 0.00417. The predicted octanol–water partition coefficient (Wildman–Crippen LogP) is 2.37. The van der Waals surface area contributed by atoms with E-state index in [2.05, 4.69) is 50.1 Å². The molecular formula is C13H20N2. The van der Waals surface area contributed by atoms with Crippen molar-refractivity contribution < 1.29 is 0 Å². The van der Waals surface area contributed by atoms with Crippen LogP contribution in [0.4, 0.5) is 0 Å². The number of rotatable bonds is 5. The lowest BCUT2D eigenvalue weighted by atomic mass is 9.77. The molecule has 0 amide bonds. The van der Waals surface area contributed by atoms with E-state index in [1.54, 1.807) is 0 Å². The smallest absolute Gasteiger partial charge is 0.0336 e. The van der Waals surface area contributed by atoms with E-state index in [0.717, 1.165) is 6.42 Å². The maximum atomic E-state index is 5.58. The van der Waals surface area contributed by atoms with E-state index in [9.17, 15) is 0 Å². The molecule has 0 radical (unpaired) electrons. The first-order valence-electron chi connectivity index (χ1n) is 5.25. The van der Waals surface area contributed by atoms with Crippen LogP contribution in [0.25, 0.3) is 0 Å². The van der Waals surface area contributed by atoms with Gasteiger partial charge in [0.15, 0.2) is 0 Å². The molecule has 0 aliphatic heterocycles. The first-order chi connectivity index (χ1) is 7.12. The second-order valence-corrected chi connectivity index (χ2v) is 4.33. The van der Waals surface area contributed by atoms with Crippen LogP contribution in [0.1, 0.15) is 25.8 Å². The highest BCUT2D eigenvalue weighted by atomic mass is 15.2. The van der Waals surface area contributed by atoms with Gasteiger partial charge in [0.25, 0.3) is 0 Å². The molecular weight excluding hydrogens is 184 g/mol. The molecule has 1 atom stereocenters. The van der Waals surface area contributed by atoms with Crippen LogP contribution in [0.15, 0.2) is 43.0 Å². The lowest BCUT2D eigenvalue weighted by Crippen LogP contribution is -2.47. The van der Waals surface area contributed by atoms with Crippen LogP contribution in [0, 0.1) is 0 Å². The summed E-state index contributed by atoms with van der Waals surface area (Å²) in [6, 6.07) is 10.6. The van der Waals surface area contributed by atoms with Crippen LogP contribution in [0.2, 0.25) is 0 Å². The zero-order chi connectivity index (χ0) is 11.3. The predicted molar refractivity (Wildman–Crippen MR) is 65.4 cm³/mol. The lowest BCUT2D eigenvalue weighted by Gasteiger charge is -2.33. The molecule has 82 valence electrons. The first kappa shape index (κ1) is 12.0. The summed E-state index contributed by atoms with van der Waals surface area (Å²) < 4.78 is 0. The van der Waals surface area contributed by atoms with Crippen LogP contribution in [-0.4, -0.2) is 6.04 Å². The molecule has 3 N–H and O–H groups in total. The van der Waals surface area contributed by atoms with Crippen molar-refractivity contribution in [1.82, 2.24) is 5.43 Å². The van der Waals surface area contributed by atoms with Crippen LogP contribution in [-0.2, 0) is 5.41 Å². The molecule has 0 aliphatic carbocycles. The van der Waals surface area contributed by atoms with E-state index in [-0.39, 0.29) is 11.5 Å². The normalized spacial score (nSPS) is 13.5. The van der Waals surface area contributed by atoms with Gasteiger partial charge in [0.2, 0.25) is 0 Å². The summed E-state index contributed by atoms with van der Waals surface area (Å²) in [6.07, 6.45) is 2.76. The van der Waals surface area contributed by atoms with Gasteiger partial charge in [-0.2, -0.15) is 0 Å². The van der Waals surface area contributed by atoms with Crippen molar-refractivity contribution in [2.24, 2.45) is 5.84 Å². The third-order valence-corrected chi connectivity index (χ3v) is 2.99. The van der Waals surface area contributed by atoms with Crippen molar-refractivity contribution >= 4 is 0 Å². The van der Waals surface area contributed by atoms with E-state index in [4.69, 9.17) is 5.84 Å². The molecule has 0 fully saturated rings. The molecule has 1 rings (SSSR count). The van der Waals surface area contributed by atoms with Gasteiger partial charge < -0.3 is 0 Å². The van der Waals surface area contributed by atoms with Crippen molar-refractivity contribution in [2.75, 3.05) is 0 Å². The Balaban J connectivity index is 2.94. The molecule has 2 heteroatoms. The van der Waals surface area contributed by atoms with Crippen molar-refractivity contribution in [3.8, 4) is 0 Å². The summed E-state index contributed by atoms with van der Waals surface area (Å²) in [6.45, 7) is 8.14. The summed E-state index contributed by atoms with van der Waals surface area (Å²) >= 11 is 0. The SMILES string of the molecule is C=CCC(NN)C(C)(C)c1ccccc1. The van der Waals surface area contributed by atoms with E-state index < -0.39 is 0 Å². The monoisotopic (exact) mass is 204 g/mol. The third kappa shape index (κ3) is 2.67. The molecule has 0 saturated carbocycles. The van der Waals surface area contributed by atoms with Gasteiger partial charge in [0, 0.05) is 11.5 Å². The van der Waals surface area contributed by atoms with Gasteiger partial charge >= 0.3 is 0 Å². The second kappa shape index (κ2) is 5.10. The Morgan fingerprint density at radius 1 is 1.40 bits per heavy atom. The molecule has 1 aromatic carbocycles. The molecule has 15 heavy (non-hydrogen) atoms. The summed E-state index contributed by atoms with van der Waals surface area (Å²) in [5.74, 6) is 5.58. The zero-order valence-corrected chi connectivity index (χ0v) is 9.53. The number of hydrogen-bond donors (Lipinski definition) is 2. The number of nitrogens with one attached hydrogen (secondary N) is 1. The van der Waals surface area contributed by atoms with Gasteiger partial charge in [0.05, 0.1) is 0 Å². The molecule has 0 bridgehead atoms. The van der Waals surface area contributed by atoms with Crippen LogP contribution < -0.4 is 11.3 Å². The summed E-state index contributed by atoms with van der Waals surface area (Å²) in [5.41, 5.74) is 4.16. The largest absolute Gasteiger partial charge is 0.271 e. The van der Waals surface area contributed by atoms with E-state index >= 15 is 0 Å². The van der Waals surface area contributed by atoms with Gasteiger partial charge in [-0.1, -0.05) is 50.3 Å². The first-order valence-corrected chi connectivity index (χ1v) is 5.25. The Kier molecular flexibility index (Phi) is 4.06. The van der Waals surface area contributed by atoms with Gasteiger partial charge in [-0.25, -0.2) is 0 Å². The lowest BCUT2D eigenvalue weighted by molar-refractivity contribution is 0.346. The molecule has 0 spiro atoms. The number of benzene rings is 1. The van der Waals surface area contributed by atoms with Crippen molar-refractivity contribution in [2.45, 2.75) is 31.7 Å². The second-order valence-electron chi connectivity index (χ2n) is 4.33. The molecule has 0 heterocycles. The fourth-order valence-corrected chi connectivity index (χ4v) is 1.81. The average molecular weight is 204 g/mol. The van der Waals surface area contributed by atoms with Crippen molar-refractivity contribution in [3.63, 3.8) is 0 Å². The Bertz CT molecular complexity index is 304. The molecule has 0 aliphatic rings. The van der Waals surface area contributed by atoms with Gasteiger partial charge in [-0.3, -0.25) is 11.3 Å². The number of hydrazine groups is 1. The summed E-state index contributed by atoms with van der Waals surface area (Å²) in [5, 5.41) is 0. The Morgan fingerprint density at radius 3 is 2.47 bits per heavy atom. The average Bonchev–Trinajstić information content (AvgIpc) is 2.27. The number of nitrogens with two attached hydrogens (primary N) is 1. The van der Waals surface area contributed by atoms with Crippen LogP contribution >= 0.6 is 0 Å². The Labute approximate surface area is 92.2 Å². The molecule has 1 unspecified atom stereocenters. The van der Waals surface area contributed by atoms with E-state index in [1.807, 2.05) is 12.1 Å². The highest BCUT2D eigenvalue weighted by molar-refractivity contribution is 5.26. The minimum Gasteiger partial charge on any atom is -0.271 e. The highest BCUT2D eigenvalue weighted by Gasteiger charge is 2.29. The fraction of sp³-hybridized carbons (Fsp3) is 0.385. The topological polar surface area (TPSA) is 38.0 Å². The van der Waals surface area contributed by atoms with E-state index in [1.165, 1.54) is 5.56 Å². The fourth-order valence-electron chi connectivity index (χ4n) is 1.81. The maximum absolute atomic E-state index is 5.58. The molecule has 0 aromatic heterocycles.